The van der Waals surface area contributed by atoms with Gasteiger partial charge in [0.15, 0.2) is 5.11 Å². The van der Waals surface area contributed by atoms with Gasteiger partial charge in [0.2, 0.25) is 0 Å². The molecule has 0 aromatic rings. The summed E-state index contributed by atoms with van der Waals surface area (Å²) >= 11 is 5.69. The first kappa shape index (κ1) is 36.5. The Labute approximate surface area is 243 Å². The number of aliphatic hydroxyl groups excluding tert-OH is 5. The molecule has 0 aromatic carbocycles. The Morgan fingerprint density at radius 1 is 0.872 bits per heavy atom. The minimum Gasteiger partial charge on any atom is -0.392 e. The Kier molecular flexibility index (Phi) is 13.6. The van der Waals surface area contributed by atoms with Gasteiger partial charge in [-0.3, -0.25) is 0 Å². The molecule has 1 fully saturated rings. The molecule has 0 aromatic heterocycles. The van der Waals surface area contributed by atoms with E-state index in [1.807, 2.05) is 0 Å². The molecule has 8 N–H and O–H groups in total. The zero-order chi connectivity index (χ0) is 30.4. The molecule has 0 radical (unpaired) electrons. The lowest BCUT2D eigenvalue weighted by Gasteiger charge is -2.41. The molecule has 1 aliphatic rings. The van der Waals surface area contributed by atoms with Crippen LogP contribution >= 0.6 is 12.2 Å². The highest BCUT2D eigenvalue weighted by atomic mass is 32.1. The number of hydrogen-bond donors (Lipinski definition) is 8. The van der Waals surface area contributed by atoms with Gasteiger partial charge < -0.3 is 41.5 Å². The highest BCUT2D eigenvalue weighted by molar-refractivity contribution is 7.80. The molecule has 0 amide bonds. The first-order chi connectivity index (χ1) is 17.6. The van der Waals surface area contributed by atoms with E-state index in [0.29, 0.717) is 18.0 Å². The van der Waals surface area contributed by atoms with Crippen LogP contribution in [-0.2, 0) is 0 Å². The summed E-state index contributed by atoms with van der Waals surface area (Å²) in [5, 5.41) is 63.6. The first-order valence-corrected chi connectivity index (χ1v) is 15.3. The monoisotopic (exact) mass is 575 g/mol. The summed E-state index contributed by atoms with van der Waals surface area (Å²) in [5.74, 6) is 0. The molecule has 1 saturated carbocycles. The average Bonchev–Trinajstić information content (AvgIpc) is 2.78. The van der Waals surface area contributed by atoms with Crippen LogP contribution < -0.4 is 16.0 Å². The van der Waals surface area contributed by atoms with Crippen LogP contribution in [-0.4, -0.2) is 85.3 Å². The quantitative estimate of drug-likeness (QED) is 0.147. The number of thiocarbonyl (C=S) groups is 1. The van der Waals surface area contributed by atoms with E-state index in [4.69, 9.17) is 12.2 Å². The molecule has 1 rings (SSSR count). The van der Waals surface area contributed by atoms with Gasteiger partial charge in [0.1, 0.15) is 6.10 Å². The van der Waals surface area contributed by atoms with Crippen molar-refractivity contribution in [3.63, 3.8) is 0 Å². The Bertz CT molecular complexity index is 759. The van der Waals surface area contributed by atoms with Crippen LogP contribution in [0.2, 0.25) is 0 Å². The minimum atomic E-state index is -1.22. The van der Waals surface area contributed by atoms with Gasteiger partial charge in [0, 0.05) is 24.5 Å². The van der Waals surface area contributed by atoms with Gasteiger partial charge in [0.05, 0.1) is 30.5 Å². The highest BCUT2D eigenvalue weighted by Crippen LogP contribution is 2.40. The van der Waals surface area contributed by atoms with Crippen molar-refractivity contribution in [3.8, 4) is 0 Å². The third kappa shape index (κ3) is 12.1. The van der Waals surface area contributed by atoms with Crippen LogP contribution in [0.15, 0.2) is 0 Å². The van der Waals surface area contributed by atoms with Crippen molar-refractivity contribution in [3.05, 3.63) is 0 Å². The zero-order valence-electron chi connectivity index (χ0n) is 26.3. The molecule has 39 heavy (non-hydrogen) atoms. The van der Waals surface area contributed by atoms with Gasteiger partial charge >= 0.3 is 0 Å². The van der Waals surface area contributed by atoms with Crippen molar-refractivity contribution < 1.29 is 25.5 Å². The first-order valence-electron chi connectivity index (χ1n) is 14.9. The van der Waals surface area contributed by atoms with E-state index >= 15 is 0 Å². The van der Waals surface area contributed by atoms with Gasteiger partial charge in [-0.15, -0.1) is 0 Å². The lowest BCUT2D eigenvalue weighted by Crippen LogP contribution is -2.60. The van der Waals surface area contributed by atoms with Crippen LogP contribution in [0.1, 0.15) is 114 Å². The standard InChI is InChI=1S/C30H61N3O5S/c1-11-28(6,7)18-29(8,9)33-26(39)32-20(16-31-19-13-14-21(34)25(38)24(19)37)22(35)15-23(36)30(10,12-2)17-27(3,4)5/h19-25,31,34-38H,11-18H2,1-10H3,(H2,32,33,39). The van der Waals surface area contributed by atoms with Gasteiger partial charge in [-0.25, -0.2) is 0 Å². The zero-order valence-corrected chi connectivity index (χ0v) is 27.2. The van der Waals surface area contributed by atoms with Crippen LogP contribution in [0.4, 0.5) is 0 Å². The van der Waals surface area contributed by atoms with E-state index in [1.54, 1.807) is 0 Å². The Morgan fingerprint density at radius 3 is 1.97 bits per heavy atom. The fourth-order valence-corrected chi connectivity index (χ4v) is 6.61. The summed E-state index contributed by atoms with van der Waals surface area (Å²) in [4.78, 5) is 0. The highest BCUT2D eigenvalue weighted by Gasteiger charge is 2.39. The minimum absolute atomic E-state index is 0.0295. The molecule has 0 heterocycles. The molecule has 0 aliphatic heterocycles. The Morgan fingerprint density at radius 2 is 1.46 bits per heavy atom. The van der Waals surface area contributed by atoms with Crippen LogP contribution in [0.3, 0.4) is 0 Å². The lowest BCUT2D eigenvalue weighted by atomic mass is 9.69. The Hall–Kier alpha value is -0.550. The average molecular weight is 576 g/mol. The fourth-order valence-electron chi connectivity index (χ4n) is 6.19. The summed E-state index contributed by atoms with van der Waals surface area (Å²) in [6, 6.07) is -0.989. The van der Waals surface area contributed by atoms with Crippen LogP contribution in [0.25, 0.3) is 0 Å². The number of hydrogen-bond acceptors (Lipinski definition) is 7. The maximum atomic E-state index is 11.4. The number of nitrogens with one attached hydrogen (secondary N) is 3. The van der Waals surface area contributed by atoms with Crippen molar-refractivity contribution in [2.45, 2.75) is 162 Å². The third-order valence-corrected chi connectivity index (χ3v) is 8.87. The maximum absolute atomic E-state index is 11.4. The van der Waals surface area contributed by atoms with Crippen LogP contribution in [0, 0.1) is 16.2 Å². The molecule has 9 heteroatoms. The summed E-state index contributed by atoms with van der Waals surface area (Å²) in [5.41, 5.74) is -0.471. The van der Waals surface area contributed by atoms with Gasteiger partial charge in [-0.05, 0) is 74.4 Å². The van der Waals surface area contributed by atoms with Crippen molar-refractivity contribution in [2.75, 3.05) is 6.54 Å². The second kappa shape index (κ2) is 14.6. The van der Waals surface area contributed by atoms with Crippen molar-refractivity contribution >= 4 is 17.3 Å². The molecule has 8 nitrogen and oxygen atoms in total. The van der Waals surface area contributed by atoms with E-state index in [2.05, 4.69) is 85.2 Å². The molecule has 232 valence electrons. The van der Waals surface area contributed by atoms with Crippen LogP contribution in [0.5, 0.6) is 0 Å². The molecular weight excluding hydrogens is 514 g/mol. The topological polar surface area (TPSA) is 137 Å². The van der Waals surface area contributed by atoms with Crippen molar-refractivity contribution in [1.82, 2.24) is 16.0 Å². The summed E-state index contributed by atoms with van der Waals surface area (Å²) < 4.78 is 0. The third-order valence-electron chi connectivity index (χ3n) is 8.65. The predicted octanol–water partition coefficient (Wildman–Crippen LogP) is 3.22. The molecule has 1 aliphatic carbocycles. The van der Waals surface area contributed by atoms with E-state index in [-0.39, 0.29) is 34.7 Å². The van der Waals surface area contributed by atoms with Gasteiger partial charge in [-0.1, -0.05) is 61.8 Å². The van der Waals surface area contributed by atoms with E-state index in [0.717, 1.165) is 25.7 Å². The summed E-state index contributed by atoms with van der Waals surface area (Å²) in [6.45, 7) is 21.7. The second-order valence-corrected chi connectivity index (χ2v) is 15.4. The lowest BCUT2D eigenvalue weighted by molar-refractivity contribution is -0.0987. The van der Waals surface area contributed by atoms with Crippen molar-refractivity contribution in [1.29, 1.82) is 0 Å². The second-order valence-electron chi connectivity index (χ2n) is 15.0. The smallest absolute Gasteiger partial charge is 0.167 e. The van der Waals surface area contributed by atoms with E-state index in [9.17, 15) is 25.5 Å². The largest absolute Gasteiger partial charge is 0.392 e. The SMILES string of the molecule is CCC(C)(C)CC(C)(C)NC(=S)NC(CNC1CCC(O)C(O)C1O)C(O)CC(O)C(C)(CC)CC(C)(C)C. The molecule has 8 unspecified atom stereocenters. The normalized spacial score (nSPS) is 26.8. The molecule has 0 bridgehead atoms. The predicted molar refractivity (Wildman–Crippen MR) is 164 cm³/mol. The van der Waals surface area contributed by atoms with Crippen molar-refractivity contribution in [2.24, 2.45) is 16.2 Å². The number of rotatable bonds is 14. The molecule has 0 saturated heterocycles. The summed E-state index contributed by atoms with van der Waals surface area (Å²) in [6.07, 6.45) is -0.362. The van der Waals surface area contributed by atoms with Gasteiger partial charge in [0.25, 0.3) is 0 Å². The molecule has 0 spiro atoms. The maximum Gasteiger partial charge on any atom is 0.167 e. The Balaban J connectivity index is 3.04. The fraction of sp³-hybridized carbons (Fsp3) is 0.967. The van der Waals surface area contributed by atoms with E-state index in [1.165, 1.54) is 0 Å². The number of aliphatic hydroxyl groups is 5. The van der Waals surface area contributed by atoms with E-state index < -0.39 is 42.6 Å². The molecular formula is C30H61N3O5S. The molecule has 8 atom stereocenters. The van der Waals surface area contributed by atoms with Gasteiger partial charge in [-0.2, -0.15) is 0 Å². The summed E-state index contributed by atoms with van der Waals surface area (Å²) in [7, 11) is 0.